The Balaban J connectivity index is 1.32. The first-order valence-corrected chi connectivity index (χ1v) is 14.0. The number of rotatable bonds is 11. The fraction of sp³-hybridized carbons (Fsp3) is 0.448. The van der Waals surface area contributed by atoms with Gasteiger partial charge in [0.1, 0.15) is 28.3 Å². The van der Waals surface area contributed by atoms with Crippen LogP contribution in [0.15, 0.2) is 48.5 Å². The molecule has 1 aliphatic rings. The van der Waals surface area contributed by atoms with Crippen LogP contribution < -0.4 is 10.6 Å². The molecule has 1 heterocycles. The molecule has 1 aliphatic carbocycles. The number of hydrogen-bond donors (Lipinski definition) is 2. The van der Waals surface area contributed by atoms with E-state index in [1.165, 1.54) is 22.5 Å². The van der Waals surface area contributed by atoms with Gasteiger partial charge in [0.2, 0.25) is 0 Å². The van der Waals surface area contributed by atoms with Crippen LogP contribution in [-0.4, -0.2) is 47.8 Å². The van der Waals surface area contributed by atoms with Gasteiger partial charge in [-0.15, -0.1) is 10.2 Å². The number of fused-ring (bicyclic) bond motifs is 3. The minimum absolute atomic E-state index is 0.0105. The highest BCUT2D eigenvalue weighted by molar-refractivity contribution is 7.11. The first kappa shape index (κ1) is 28.5. The Bertz CT molecular complexity index is 1230. The summed E-state index contributed by atoms with van der Waals surface area (Å²) in [5.74, 6) is -0.0105. The first-order valence-electron chi connectivity index (χ1n) is 13.2. The molecule has 1 aromatic heterocycles. The van der Waals surface area contributed by atoms with Crippen molar-refractivity contribution in [3.05, 3.63) is 69.7 Å². The normalized spacial score (nSPS) is 13.3. The number of benzene rings is 2. The fourth-order valence-corrected chi connectivity index (χ4v) is 5.17. The number of hydrogen-bond acceptors (Lipinski definition) is 8. The van der Waals surface area contributed by atoms with Crippen LogP contribution in [0.2, 0.25) is 0 Å². The SMILES string of the molecule is CCCCOC[C@H](NC(=O)OC(C)(C)C)c1nnc(CNC(=O)OCC2c3ccccc3-c3ccccc32)s1. The molecule has 10 heteroatoms. The molecule has 2 N–H and O–H groups in total. The number of carbonyl (C=O) groups is 2. The molecule has 3 aromatic rings. The number of amides is 2. The molecular weight excluding hydrogens is 516 g/mol. The third-order valence-corrected chi connectivity index (χ3v) is 7.16. The van der Waals surface area contributed by atoms with E-state index in [0.717, 1.165) is 24.0 Å². The zero-order valence-electron chi connectivity index (χ0n) is 22.9. The van der Waals surface area contributed by atoms with Gasteiger partial charge in [-0.05, 0) is 49.4 Å². The Morgan fingerprint density at radius 2 is 1.67 bits per heavy atom. The molecule has 0 unspecified atom stereocenters. The highest BCUT2D eigenvalue weighted by Crippen LogP contribution is 2.44. The summed E-state index contributed by atoms with van der Waals surface area (Å²) in [5, 5.41) is 15.1. The van der Waals surface area contributed by atoms with Gasteiger partial charge in [-0.1, -0.05) is 73.2 Å². The molecule has 39 heavy (non-hydrogen) atoms. The van der Waals surface area contributed by atoms with Crippen molar-refractivity contribution in [1.29, 1.82) is 0 Å². The molecule has 0 saturated heterocycles. The molecule has 0 fully saturated rings. The molecule has 0 saturated carbocycles. The van der Waals surface area contributed by atoms with Gasteiger partial charge < -0.3 is 24.8 Å². The molecule has 4 rings (SSSR count). The summed E-state index contributed by atoms with van der Waals surface area (Å²) in [7, 11) is 0. The van der Waals surface area contributed by atoms with Crippen LogP contribution >= 0.6 is 11.3 Å². The summed E-state index contributed by atoms with van der Waals surface area (Å²) >= 11 is 1.29. The lowest BCUT2D eigenvalue weighted by Crippen LogP contribution is -2.36. The Hall–Kier alpha value is -3.50. The van der Waals surface area contributed by atoms with Crippen molar-refractivity contribution in [2.75, 3.05) is 19.8 Å². The van der Waals surface area contributed by atoms with Gasteiger partial charge in [0.05, 0.1) is 13.2 Å². The fourth-order valence-electron chi connectivity index (χ4n) is 4.35. The van der Waals surface area contributed by atoms with Crippen molar-refractivity contribution in [2.45, 2.75) is 64.6 Å². The summed E-state index contributed by atoms with van der Waals surface area (Å²) in [5.41, 5.74) is 4.04. The second-order valence-corrected chi connectivity index (χ2v) is 11.4. The van der Waals surface area contributed by atoms with Gasteiger partial charge >= 0.3 is 12.2 Å². The number of ether oxygens (including phenoxy) is 3. The summed E-state index contributed by atoms with van der Waals surface area (Å²) in [6.07, 6.45) is 0.847. The van der Waals surface area contributed by atoms with Crippen molar-refractivity contribution in [2.24, 2.45) is 0 Å². The van der Waals surface area contributed by atoms with Crippen molar-refractivity contribution in [3.8, 4) is 11.1 Å². The van der Waals surface area contributed by atoms with Crippen LogP contribution in [-0.2, 0) is 20.8 Å². The molecule has 0 radical (unpaired) electrons. The number of alkyl carbamates (subject to hydrolysis) is 2. The largest absolute Gasteiger partial charge is 0.449 e. The standard InChI is InChI=1S/C29H36N4O5S/c1-5-6-15-36-18-24(31-28(35)38-29(2,3)4)26-33-32-25(39-26)16-30-27(34)37-17-23-21-13-9-7-11-19(21)20-12-8-10-14-22(20)23/h7-14,23-24H,5-6,15-18H2,1-4H3,(H,30,34)(H,31,35)/t24-/m0/s1. The second kappa shape index (κ2) is 13.0. The average Bonchev–Trinajstić information content (AvgIpc) is 3.50. The third kappa shape index (κ3) is 7.77. The quantitative estimate of drug-likeness (QED) is 0.282. The molecule has 0 spiro atoms. The van der Waals surface area contributed by atoms with Gasteiger partial charge in [0.15, 0.2) is 0 Å². The van der Waals surface area contributed by atoms with Crippen LogP contribution in [0.4, 0.5) is 9.59 Å². The van der Waals surface area contributed by atoms with Crippen molar-refractivity contribution >= 4 is 23.5 Å². The lowest BCUT2D eigenvalue weighted by Gasteiger charge is -2.22. The maximum absolute atomic E-state index is 12.5. The number of unbranched alkanes of at least 4 members (excludes halogenated alkanes) is 1. The minimum Gasteiger partial charge on any atom is -0.449 e. The van der Waals surface area contributed by atoms with Crippen LogP contribution in [0.25, 0.3) is 11.1 Å². The number of carbonyl (C=O) groups excluding carboxylic acids is 2. The summed E-state index contributed by atoms with van der Waals surface area (Å²) < 4.78 is 16.7. The van der Waals surface area contributed by atoms with E-state index in [4.69, 9.17) is 14.2 Å². The number of nitrogens with zero attached hydrogens (tertiary/aromatic N) is 2. The van der Waals surface area contributed by atoms with E-state index in [9.17, 15) is 9.59 Å². The van der Waals surface area contributed by atoms with Crippen LogP contribution in [0.1, 0.15) is 73.6 Å². The molecule has 2 aromatic carbocycles. The lowest BCUT2D eigenvalue weighted by atomic mass is 9.98. The molecule has 0 bridgehead atoms. The zero-order valence-corrected chi connectivity index (χ0v) is 23.7. The lowest BCUT2D eigenvalue weighted by molar-refractivity contribution is 0.0438. The van der Waals surface area contributed by atoms with Gasteiger partial charge in [-0.3, -0.25) is 0 Å². The van der Waals surface area contributed by atoms with E-state index in [2.05, 4.69) is 52.0 Å². The van der Waals surface area contributed by atoms with E-state index in [1.807, 2.05) is 24.3 Å². The topological polar surface area (TPSA) is 112 Å². The van der Waals surface area contributed by atoms with Crippen LogP contribution in [0.3, 0.4) is 0 Å². The van der Waals surface area contributed by atoms with Crippen molar-refractivity contribution in [1.82, 2.24) is 20.8 Å². The summed E-state index contributed by atoms with van der Waals surface area (Å²) in [6.45, 7) is 8.71. The third-order valence-electron chi connectivity index (χ3n) is 6.13. The predicted molar refractivity (Wildman–Crippen MR) is 150 cm³/mol. The molecule has 2 amide bonds. The van der Waals surface area contributed by atoms with E-state index in [-0.39, 0.29) is 25.7 Å². The Kier molecular flexibility index (Phi) is 9.53. The van der Waals surface area contributed by atoms with Gasteiger partial charge in [0, 0.05) is 12.5 Å². The van der Waals surface area contributed by atoms with Crippen molar-refractivity contribution in [3.63, 3.8) is 0 Å². The Labute approximate surface area is 233 Å². The summed E-state index contributed by atoms with van der Waals surface area (Å²) in [4.78, 5) is 24.9. The average molecular weight is 553 g/mol. The first-order chi connectivity index (χ1) is 18.7. The maximum Gasteiger partial charge on any atom is 0.408 e. The number of nitrogens with one attached hydrogen (secondary N) is 2. The molecule has 208 valence electrons. The predicted octanol–water partition coefficient (Wildman–Crippen LogP) is 5.96. The van der Waals surface area contributed by atoms with Crippen LogP contribution in [0.5, 0.6) is 0 Å². The molecule has 1 atom stereocenters. The Morgan fingerprint density at radius 3 is 2.31 bits per heavy atom. The van der Waals surface area contributed by atoms with Crippen molar-refractivity contribution < 1.29 is 23.8 Å². The van der Waals surface area contributed by atoms with E-state index in [1.54, 1.807) is 20.8 Å². The second-order valence-electron chi connectivity index (χ2n) is 10.3. The maximum atomic E-state index is 12.5. The summed E-state index contributed by atoms with van der Waals surface area (Å²) in [6, 6.07) is 15.9. The highest BCUT2D eigenvalue weighted by atomic mass is 32.1. The molecule has 9 nitrogen and oxygen atoms in total. The Morgan fingerprint density at radius 1 is 1.00 bits per heavy atom. The van der Waals surface area contributed by atoms with E-state index in [0.29, 0.717) is 16.6 Å². The zero-order chi connectivity index (χ0) is 27.8. The van der Waals surface area contributed by atoms with E-state index >= 15 is 0 Å². The van der Waals surface area contributed by atoms with Gasteiger partial charge in [0.25, 0.3) is 0 Å². The number of aromatic nitrogens is 2. The monoisotopic (exact) mass is 552 g/mol. The van der Waals surface area contributed by atoms with Gasteiger partial charge in [-0.25, -0.2) is 9.59 Å². The molecule has 0 aliphatic heterocycles. The van der Waals surface area contributed by atoms with Crippen LogP contribution in [0, 0.1) is 0 Å². The van der Waals surface area contributed by atoms with E-state index < -0.39 is 23.8 Å². The molecular formula is C29H36N4O5S. The smallest absolute Gasteiger partial charge is 0.408 e. The minimum atomic E-state index is -0.628. The van der Waals surface area contributed by atoms with Gasteiger partial charge in [-0.2, -0.15) is 0 Å². The highest BCUT2D eigenvalue weighted by Gasteiger charge is 2.29.